The van der Waals surface area contributed by atoms with Crippen LogP contribution in [0, 0.1) is 0 Å². The Hall–Kier alpha value is -1.55. The Morgan fingerprint density at radius 2 is 2.24 bits per heavy atom. The fourth-order valence-electron chi connectivity index (χ4n) is 3.01. The van der Waals surface area contributed by atoms with Gasteiger partial charge in [-0.1, -0.05) is 25.8 Å². The van der Waals surface area contributed by atoms with E-state index < -0.39 is 5.97 Å². The topological polar surface area (TPSA) is 49.8 Å². The Labute approximate surface area is 126 Å². The Morgan fingerprint density at radius 1 is 1.43 bits per heavy atom. The van der Waals surface area contributed by atoms with Crippen LogP contribution < -0.4 is 4.74 Å². The molecule has 116 valence electrons. The number of hydrogen-bond donors (Lipinski definition) is 1. The third-order valence-corrected chi connectivity index (χ3v) is 4.24. The summed E-state index contributed by atoms with van der Waals surface area (Å²) in [6, 6.07) is 5.76. The smallest absolute Gasteiger partial charge is 0.320 e. The Balaban J connectivity index is 2.16. The van der Waals surface area contributed by atoms with Gasteiger partial charge in [0.15, 0.2) is 0 Å². The fraction of sp³-hybridized carbons (Fsp3) is 0.588. The molecule has 1 unspecified atom stereocenters. The standard InChI is InChI=1S/C17H25NO3/c1-3-4-7-16(17(19)20)18-10-5-6-13-11-15(21-2)9-8-14(13)12-18/h8-9,11,16H,3-7,10,12H2,1-2H3,(H,19,20). The van der Waals surface area contributed by atoms with Crippen LogP contribution in [0.5, 0.6) is 5.75 Å². The van der Waals surface area contributed by atoms with Crippen LogP contribution in [-0.2, 0) is 17.8 Å². The second-order valence-electron chi connectivity index (χ2n) is 5.70. The number of carboxylic acid groups (broad SMARTS) is 1. The van der Waals surface area contributed by atoms with E-state index in [9.17, 15) is 9.90 Å². The van der Waals surface area contributed by atoms with E-state index in [0.717, 1.165) is 50.9 Å². The Bertz CT molecular complexity index is 487. The van der Waals surface area contributed by atoms with Crippen LogP contribution in [0.25, 0.3) is 0 Å². The van der Waals surface area contributed by atoms with Crippen molar-refractivity contribution in [3.05, 3.63) is 29.3 Å². The zero-order chi connectivity index (χ0) is 15.2. The van der Waals surface area contributed by atoms with Crippen molar-refractivity contribution < 1.29 is 14.6 Å². The highest BCUT2D eigenvalue weighted by molar-refractivity contribution is 5.73. The lowest BCUT2D eigenvalue weighted by atomic mass is 10.0. The number of ether oxygens (including phenoxy) is 1. The number of benzene rings is 1. The number of nitrogens with zero attached hydrogens (tertiary/aromatic N) is 1. The van der Waals surface area contributed by atoms with Gasteiger partial charge in [-0.2, -0.15) is 0 Å². The van der Waals surface area contributed by atoms with E-state index >= 15 is 0 Å². The molecule has 0 amide bonds. The normalized spacial score (nSPS) is 16.9. The molecule has 1 aliphatic heterocycles. The van der Waals surface area contributed by atoms with Gasteiger partial charge in [0.1, 0.15) is 11.8 Å². The summed E-state index contributed by atoms with van der Waals surface area (Å²) < 4.78 is 5.28. The van der Waals surface area contributed by atoms with Gasteiger partial charge < -0.3 is 9.84 Å². The van der Waals surface area contributed by atoms with Crippen molar-refractivity contribution in [1.82, 2.24) is 4.90 Å². The molecule has 0 bridgehead atoms. The van der Waals surface area contributed by atoms with Crippen LogP contribution in [0.1, 0.15) is 43.7 Å². The van der Waals surface area contributed by atoms with Crippen LogP contribution in [0.4, 0.5) is 0 Å². The molecule has 1 aliphatic rings. The number of carboxylic acids is 1. The fourth-order valence-corrected chi connectivity index (χ4v) is 3.01. The van der Waals surface area contributed by atoms with E-state index in [0.29, 0.717) is 0 Å². The number of methoxy groups -OCH3 is 1. The van der Waals surface area contributed by atoms with E-state index in [2.05, 4.69) is 24.0 Å². The minimum absolute atomic E-state index is 0.363. The Kier molecular flexibility index (Phi) is 5.62. The molecule has 0 fully saturated rings. The molecule has 0 saturated carbocycles. The van der Waals surface area contributed by atoms with Crippen molar-refractivity contribution in [2.24, 2.45) is 0 Å². The number of rotatable bonds is 6. The number of unbranched alkanes of at least 4 members (excludes halogenated alkanes) is 1. The number of aryl methyl sites for hydroxylation is 1. The molecule has 1 aromatic rings. The van der Waals surface area contributed by atoms with Gasteiger partial charge >= 0.3 is 5.97 Å². The molecule has 1 heterocycles. The van der Waals surface area contributed by atoms with Crippen LogP contribution in [0.2, 0.25) is 0 Å². The van der Waals surface area contributed by atoms with Gasteiger partial charge in [-0.05, 0) is 49.1 Å². The predicted molar refractivity (Wildman–Crippen MR) is 82.7 cm³/mol. The summed E-state index contributed by atoms with van der Waals surface area (Å²) >= 11 is 0. The average molecular weight is 291 g/mol. The highest BCUT2D eigenvalue weighted by Crippen LogP contribution is 2.25. The maximum Gasteiger partial charge on any atom is 0.320 e. The second-order valence-corrected chi connectivity index (χ2v) is 5.70. The zero-order valence-corrected chi connectivity index (χ0v) is 13.0. The lowest BCUT2D eigenvalue weighted by molar-refractivity contribution is -0.143. The van der Waals surface area contributed by atoms with E-state index in [-0.39, 0.29) is 6.04 Å². The minimum Gasteiger partial charge on any atom is -0.497 e. The van der Waals surface area contributed by atoms with Gasteiger partial charge in [-0.15, -0.1) is 0 Å². The molecule has 0 spiro atoms. The highest BCUT2D eigenvalue weighted by Gasteiger charge is 2.27. The van der Waals surface area contributed by atoms with Crippen molar-refractivity contribution in [3.8, 4) is 5.75 Å². The summed E-state index contributed by atoms with van der Waals surface area (Å²) in [6.45, 7) is 3.67. The lowest BCUT2D eigenvalue weighted by Crippen LogP contribution is -2.40. The van der Waals surface area contributed by atoms with Crippen LogP contribution in [0.3, 0.4) is 0 Å². The zero-order valence-electron chi connectivity index (χ0n) is 13.0. The molecule has 21 heavy (non-hydrogen) atoms. The van der Waals surface area contributed by atoms with Crippen LogP contribution in [0.15, 0.2) is 18.2 Å². The molecule has 4 heteroatoms. The quantitative estimate of drug-likeness (QED) is 0.875. The molecule has 0 aliphatic carbocycles. The summed E-state index contributed by atoms with van der Waals surface area (Å²) in [5.41, 5.74) is 2.52. The molecular formula is C17H25NO3. The van der Waals surface area contributed by atoms with Crippen molar-refractivity contribution in [2.45, 2.75) is 51.6 Å². The first kappa shape index (κ1) is 15.8. The van der Waals surface area contributed by atoms with Gasteiger partial charge in [-0.25, -0.2) is 0 Å². The van der Waals surface area contributed by atoms with Crippen LogP contribution >= 0.6 is 0 Å². The minimum atomic E-state index is -0.694. The van der Waals surface area contributed by atoms with Gasteiger partial charge in [-0.3, -0.25) is 9.69 Å². The second kappa shape index (κ2) is 7.46. The molecule has 0 aromatic heterocycles. The number of fused-ring (bicyclic) bond motifs is 1. The van der Waals surface area contributed by atoms with Crippen molar-refractivity contribution in [2.75, 3.05) is 13.7 Å². The van der Waals surface area contributed by atoms with Gasteiger partial charge in [0.25, 0.3) is 0 Å². The SMILES string of the molecule is CCCCC(C(=O)O)N1CCCc2cc(OC)ccc2C1. The maximum absolute atomic E-state index is 11.6. The monoisotopic (exact) mass is 291 g/mol. The maximum atomic E-state index is 11.6. The first-order valence-electron chi connectivity index (χ1n) is 7.78. The van der Waals surface area contributed by atoms with Gasteiger partial charge in [0.2, 0.25) is 0 Å². The number of hydrogen-bond acceptors (Lipinski definition) is 3. The summed E-state index contributed by atoms with van der Waals surface area (Å²) in [5, 5.41) is 9.51. The Morgan fingerprint density at radius 3 is 2.90 bits per heavy atom. The summed E-state index contributed by atoms with van der Waals surface area (Å²) in [4.78, 5) is 13.7. The van der Waals surface area contributed by atoms with E-state index in [1.54, 1.807) is 7.11 Å². The van der Waals surface area contributed by atoms with Crippen LogP contribution in [-0.4, -0.2) is 35.7 Å². The largest absolute Gasteiger partial charge is 0.497 e. The van der Waals surface area contributed by atoms with E-state index in [1.165, 1.54) is 11.1 Å². The summed E-state index contributed by atoms with van der Waals surface area (Å²) in [7, 11) is 1.68. The summed E-state index contributed by atoms with van der Waals surface area (Å²) in [6.07, 6.45) is 4.71. The third kappa shape index (κ3) is 3.97. The molecule has 1 atom stereocenters. The molecule has 0 radical (unpaired) electrons. The molecule has 4 nitrogen and oxygen atoms in total. The number of aliphatic carboxylic acids is 1. The van der Waals surface area contributed by atoms with Crippen molar-refractivity contribution >= 4 is 5.97 Å². The first-order chi connectivity index (χ1) is 10.2. The molecular weight excluding hydrogens is 266 g/mol. The molecule has 2 rings (SSSR count). The molecule has 1 aromatic carbocycles. The lowest BCUT2D eigenvalue weighted by Gasteiger charge is -2.27. The third-order valence-electron chi connectivity index (χ3n) is 4.24. The van der Waals surface area contributed by atoms with Gasteiger partial charge in [0, 0.05) is 6.54 Å². The van der Waals surface area contributed by atoms with Crippen molar-refractivity contribution in [1.29, 1.82) is 0 Å². The molecule has 0 saturated heterocycles. The van der Waals surface area contributed by atoms with E-state index in [1.807, 2.05) is 6.07 Å². The van der Waals surface area contributed by atoms with Crippen molar-refractivity contribution in [3.63, 3.8) is 0 Å². The first-order valence-corrected chi connectivity index (χ1v) is 7.78. The predicted octanol–water partition coefficient (Wildman–Crippen LogP) is 3.09. The number of carbonyl (C=O) groups is 1. The van der Waals surface area contributed by atoms with Gasteiger partial charge in [0.05, 0.1) is 7.11 Å². The highest BCUT2D eigenvalue weighted by atomic mass is 16.5. The molecule has 1 N–H and O–H groups in total. The van der Waals surface area contributed by atoms with E-state index in [4.69, 9.17) is 4.74 Å². The average Bonchev–Trinajstić information content (AvgIpc) is 2.68. The summed E-state index contributed by atoms with van der Waals surface area (Å²) in [5.74, 6) is 0.184.